The van der Waals surface area contributed by atoms with Crippen LogP contribution >= 0.6 is 0 Å². The van der Waals surface area contributed by atoms with Crippen LogP contribution in [0.25, 0.3) is 0 Å². The van der Waals surface area contributed by atoms with Crippen LogP contribution < -0.4 is 69.3 Å². The van der Waals surface area contributed by atoms with E-state index in [4.69, 9.17) is 0 Å². The van der Waals surface area contributed by atoms with Gasteiger partial charge in [0, 0.05) is 6.42 Å². The Morgan fingerprint density at radius 3 is 1.25 bits per heavy atom. The fraction of sp³-hybridized carbons (Fsp3) is 0.850. The molecular weight excluding hydrogens is 380 g/mol. The maximum absolute atomic E-state index is 11.9. The predicted molar refractivity (Wildman–Crippen MR) is 96.9 cm³/mol. The standard InChI is InChI=1S/C20H37NO5.2Na/c1-2-3-4-5-6-7-8-9-10-11-12-13-14-15-18(22)21(16-19(23)24)17-20(25)26;;/h2-17H2,1H3,(H,23,24)(H,25,26);;/q;2*+1/p-2. The van der Waals surface area contributed by atoms with E-state index >= 15 is 0 Å². The van der Waals surface area contributed by atoms with Gasteiger partial charge in [0.2, 0.25) is 5.91 Å². The molecule has 152 valence electrons. The Kier molecular flexibility index (Phi) is 28.0. The maximum atomic E-state index is 11.9. The number of carboxylic acids is 2. The zero-order valence-electron chi connectivity index (χ0n) is 18.3. The molecule has 0 aliphatic heterocycles. The average molecular weight is 415 g/mol. The van der Waals surface area contributed by atoms with E-state index in [1.54, 1.807) is 0 Å². The van der Waals surface area contributed by atoms with E-state index in [1.807, 2.05) is 0 Å². The Morgan fingerprint density at radius 1 is 0.607 bits per heavy atom. The van der Waals surface area contributed by atoms with E-state index in [2.05, 4.69) is 6.92 Å². The summed E-state index contributed by atoms with van der Waals surface area (Å²) in [5.74, 6) is -3.41. The molecule has 0 aromatic carbocycles. The molecule has 0 spiro atoms. The van der Waals surface area contributed by atoms with E-state index in [0.717, 1.165) is 24.2 Å². The summed E-state index contributed by atoms with van der Waals surface area (Å²) in [6.07, 6.45) is 15.7. The van der Waals surface area contributed by atoms with E-state index in [9.17, 15) is 24.6 Å². The van der Waals surface area contributed by atoms with Crippen molar-refractivity contribution in [1.29, 1.82) is 0 Å². The van der Waals surface area contributed by atoms with Crippen LogP contribution in [0.15, 0.2) is 0 Å². The normalized spacial score (nSPS) is 9.89. The number of hydrogen-bond donors (Lipinski definition) is 0. The molecule has 0 atom stereocenters. The topological polar surface area (TPSA) is 101 Å². The molecule has 0 N–H and O–H groups in total. The van der Waals surface area contributed by atoms with Gasteiger partial charge in [0.1, 0.15) is 0 Å². The molecule has 0 aliphatic rings. The Labute approximate surface area is 214 Å². The van der Waals surface area contributed by atoms with Gasteiger partial charge in [-0.1, -0.05) is 84.0 Å². The smallest absolute Gasteiger partial charge is 0.548 e. The second-order valence-corrected chi connectivity index (χ2v) is 6.99. The number of amides is 1. The minimum Gasteiger partial charge on any atom is -0.548 e. The second kappa shape index (κ2) is 23.7. The first-order valence-electron chi connectivity index (χ1n) is 10.1. The van der Waals surface area contributed by atoms with Crippen molar-refractivity contribution in [2.45, 2.75) is 96.8 Å². The first kappa shape index (κ1) is 33.1. The number of aliphatic carboxylic acids is 2. The molecule has 0 saturated carbocycles. The van der Waals surface area contributed by atoms with Crippen LogP contribution in [-0.4, -0.2) is 35.8 Å². The van der Waals surface area contributed by atoms with Gasteiger partial charge in [-0.15, -0.1) is 0 Å². The predicted octanol–water partition coefficient (Wildman–Crippen LogP) is -4.20. The summed E-state index contributed by atoms with van der Waals surface area (Å²) in [5.41, 5.74) is 0. The van der Waals surface area contributed by atoms with Gasteiger partial charge >= 0.3 is 59.1 Å². The Hall–Kier alpha value is 0.410. The quantitative estimate of drug-likeness (QED) is 0.167. The zero-order valence-corrected chi connectivity index (χ0v) is 22.3. The van der Waals surface area contributed by atoms with Crippen LogP contribution in [0, 0.1) is 0 Å². The molecule has 28 heavy (non-hydrogen) atoms. The minimum absolute atomic E-state index is 0. The fourth-order valence-electron chi connectivity index (χ4n) is 3.00. The number of nitrogens with zero attached hydrogens (tertiary/aromatic N) is 1. The molecule has 0 aliphatic carbocycles. The molecule has 0 heterocycles. The van der Waals surface area contributed by atoms with Crippen molar-refractivity contribution in [3.05, 3.63) is 0 Å². The summed E-state index contributed by atoms with van der Waals surface area (Å²) in [7, 11) is 0. The average Bonchev–Trinajstić information content (AvgIpc) is 2.57. The van der Waals surface area contributed by atoms with Crippen LogP contribution in [0.4, 0.5) is 0 Å². The third kappa shape index (κ3) is 22.7. The summed E-state index contributed by atoms with van der Waals surface area (Å²) < 4.78 is 0. The van der Waals surface area contributed by atoms with Crippen LogP contribution in [-0.2, 0) is 14.4 Å². The molecule has 1 amide bonds. The molecule has 0 rings (SSSR count). The van der Waals surface area contributed by atoms with Crippen molar-refractivity contribution in [3.63, 3.8) is 0 Å². The van der Waals surface area contributed by atoms with Gasteiger partial charge in [-0.05, 0) is 6.42 Å². The van der Waals surface area contributed by atoms with Crippen molar-refractivity contribution in [2.75, 3.05) is 13.1 Å². The first-order valence-corrected chi connectivity index (χ1v) is 10.1. The molecule has 0 bridgehead atoms. The molecule has 6 nitrogen and oxygen atoms in total. The SMILES string of the molecule is CCCCCCCCCCCCCCCC(=O)N(CC(=O)[O-])CC(=O)[O-].[Na+].[Na+]. The van der Waals surface area contributed by atoms with Gasteiger partial charge < -0.3 is 24.7 Å². The first-order chi connectivity index (χ1) is 12.5. The van der Waals surface area contributed by atoms with Crippen molar-refractivity contribution in [1.82, 2.24) is 4.90 Å². The van der Waals surface area contributed by atoms with Crippen molar-refractivity contribution < 1.29 is 83.7 Å². The third-order valence-corrected chi connectivity index (χ3v) is 4.49. The summed E-state index contributed by atoms with van der Waals surface area (Å²) in [6, 6.07) is 0. The van der Waals surface area contributed by atoms with Crippen molar-refractivity contribution >= 4 is 17.8 Å². The minimum atomic E-state index is -1.47. The Morgan fingerprint density at radius 2 is 0.929 bits per heavy atom. The summed E-state index contributed by atoms with van der Waals surface area (Å²) >= 11 is 0. The van der Waals surface area contributed by atoms with Gasteiger partial charge in [0.15, 0.2) is 0 Å². The van der Waals surface area contributed by atoms with Gasteiger partial charge in [-0.25, -0.2) is 0 Å². The van der Waals surface area contributed by atoms with E-state index < -0.39 is 30.9 Å². The molecule has 0 unspecified atom stereocenters. The van der Waals surface area contributed by atoms with Crippen molar-refractivity contribution in [3.8, 4) is 0 Å². The van der Waals surface area contributed by atoms with Crippen LogP contribution in [0.2, 0.25) is 0 Å². The van der Waals surface area contributed by atoms with Crippen LogP contribution in [0.3, 0.4) is 0 Å². The van der Waals surface area contributed by atoms with Crippen molar-refractivity contribution in [2.24, 2.45) is 0 Å². The number of carbonyl (C=O) groups excluding carboxylic acids is 3. The monoisotopic (exact) mass is 415 g/mol. The fourth-order valence-corrected chi connectivity index (χ4v) is 3.00. The van der Waals surface area contributed by atoms with Gasteiger partial charge in [-0.2, -0.15) is 0 Å². The van der Waals surface area contributed by atoms with Gasteiger partial charge in [0.05, 0.1) is 25.0 Å². The van der Waals surface area contributed by atoms with E-state index in [0.29, 0.717) is 6.42 Å². The zero-order chi connectivity index (χ0) is 19.6. The molecule has 0 aromatic heterocycles. The van der Waals surface area contributed by atoms with Gasteiger partial charge in [0.25, 0.3) is 0 Å². The molecule has 0 saturated heterocycles. The second-order valence-electron chi connectivity index (χ2n) is 6.99. The molecule has 8 heteroatoms. The largest absolute Gasteiger partial charge is 1.00 e. The Bertz CT molecular complexity index is 392. The molecular formula is C20H35NNa2O5. The number of carboxylic acid groups (broad SMARTS) is 2. The van der Waals surface area contributed by atoms with E-state index in [-0.39, 0.29) is 65.5 Å². The number of rotatable bonds is 18. The van der Waals surface area contributed by atoms with Crippen LogP contribution in [0.1, 0.15) is 96.8 Å². The summed E-state index contributed by atoms with van der Waals surface area (Å²) in [5, 5.41) is 21.1. The maximum Gasteiger partial charge on any atom is 1.00 e. The molecule has 0 radical (unpaired) electrons. The molecule has 0 aromatic rings. The summed E-state index contributed by atoms with van der Waals surface area (Å²) in [6.45, 7) is 0.823. The Balaban J connectivity index is -0.00000312. The summed E-state index contributed by atoms with van der Waals surface area (Å²) in [4.78, 5) is 33.8. The number of hydrogen-bond acceptors (Lipinski definition) is 5. The van der Waals surface area contributed by atoms with Gasteiger partial charge in [-0.3, -0.25) is 4.79 Å². The van der Waals surface area contributed by atoms with Crippen LogP contribution in [0.5, 0.6) is 0 Å². The molecule has 0 fully saturated rings. The third-order valence-electron chi connectivity index (χ3n) is 4.49. The number of unbranched alkanes of at least 4 members (excludes halogenated alkanes) is 12. The number of carbonyl (C=O) groups is 3. The van der Waals surface area contributed by atoms with E-state index in [1.165, 1.54) is 57.8 Å².